The molecule has 0 atom stereocenters. The van der Waals surface area contributed by atoms with Crippen molar-refractivity contribution < 1.29 is 9.90 Å². The molecule has 3 N–H and O–H groups in total. The molecule has 25 heavy (non-hydrogen) atoms. The average molecular weight is 349 g/mol. The molecule has 0 spiro atoms. The highest BCUT2D eigenvalue weighted by atomic mass is 16.3. The van der Waals surface area contributed by atoms with Crippen LogP contribution in [0, 0.1) is 18.3 Å². The lowest BCUT2D eigenvalue weighted by molar-refractivity contribution is -0.0216. The molecule has 2 amide bonds. The van der Waals surface area contributed by atoms with Gasteiger partial charge >= 0.3 is 6.03 Å². The zero-order valence-corrected chi connectivity index (χ0v) is 16.0. The van der Waals surface area contributed by atoms with Crippen LogP contribution in [-0.2, 0) is 7.05 Å². The van der Waals surface area contributed by atoms with E-state index in [4.69, 9.17) is 0 Å². The molecule has 6 nitrogen and oxygen atoms in total. The normalized spacial score (nSPS) is 24.0. The standard InChI is InChI=1S/C19H31N3O3/c1-13-10-16(23)22(5)11-15(13)21-17(24)20-12-19(25)8-6-14(7-9-19)18(2,3)4/h10-11,14,25H,6-9,12H2,1-5H3,(H2,20,21,24). The van der Waals surface area contributed by atoms with Gasteiger partial charge in [-0.05, 0) is 49.5 Å². The quantitative estimate of drug-likeness (QED) is 0.784. The Morgan fingerprint density at radius 3 is 2.52 bits per heavy atom. The fourth-order valence-corrected chi connectivity index (χ4v) is 3.46. The van der Waals surface area contributed by atoms with Crippen LogP contribution < -0.4 is 16.2 Å². The van der Waals surface area contributed by atoms with Crippen LogP contribution in [0.2, 0.25) is 0 Å². The molecule has 6 heteroatoms. The molecule has 1 aliphatic rings. The third kappa shape index (κ3) is 5.08. The summed E-state index contributed by atoms with van der Waals surface area (Å²) in [6.07, 6.45) is 4.95. The van der Waals surface area contributed by atoms with Crippen LogP contribution in [0.3, 0.4) is 0 Å². The Bertz CT molecular complexity index is 680. The second-order valence-corrected chi connectivity index (χ2v) is 8.49. The number of nitrogens with one attached hydrogen (secondary N) is 2. The van der Waals surface area contributed by atoms with Crippen LogP contribution in [0.5, 0.6) is 0 Å². The van der Waals surface area contributed by atoms with Crippen LogP contribution in [-0.4, -0.2) is 27.9 Å². The molecule has 1 aliphatic carbocycles. The Balaban J connectivity index is 1.88. The maximum absolute atomic E-state index is 12.1. The van der Waals surface area contributed by atoms with Gasteiger partial charge in [-0.2, -0.15) is 0 Å². The zero-order chi connectivity index (χ0) is 18.8. The first-order chi connectivity index (χ1) is 11.5. The number of urea groups is 1. The van der Waals surface area contributed by atoms with Crippen molar-refractivity contribution >= 4 is 11.7 Å². The van der Waals surface area contributed by atoms with E-state index in [0.717, 1.165) is 12.8 Å². The van der Waals surface area contributed by atoms with Gasteiger partial charge in [-0.1, -0.05) is 20.8 Å². The summed E-state index contributed by atoms with van der Waals surface area (Å²) in [6.45, 7) is 8.73. The number of pyridine rings is 1. The van der Waals surface area contributed by atoms with E-state index in [9.17, 15) is 14.7 Å². The van der Waals surface area contributed by atoms with Gasteiger partial charge in [0.1, 0.15) is 0 Å². The van der Waals surface area contributed by atoms with Gasteiger partial charge in [-0.15, -0.1) is 0 Å². The highest BCUT2D eigenvalue weighted by Gasteiger charge is 2.37. The molecule has 0 aliphatic heterocycles. The summed E-state index contributed by atoms with van der Waals surface area (Å²) >= 11 is 0. The van der Waals surface area contributed by atoms with Gasteiger partial charge in [0, 0.05) is 25.9 Å². The van der Waals surface area contributed by atoms with E-state index < -0.39 is 5.60 Å². The van der Waals surface area contributed by atoms with E-state index in [1.807, 2.05) is 0 Å². The lowest BCUT2D eigenvalue weighted by atomic mass is 9.68. The molecule has 1 saturated carbocycles. The molecule has 0 bridgehead atoms. The number of rotatable bonds is 3. The lowest BCUT2D eigenvalue weighted by Gasteiger charge is -2.41. The largest absolute Gasteiger partial charge is 0.388 e. The van der Waals surface area contributed by atoms with E-state index in [1.54, 1.807) is 20.2 Å². The van der Waals surface area contributed by atoms with Crippen LogP contribution in [0.15, 0.2) is 17.1 Å². The molecule has 140 valence electrons. The average Bonchev–Trinajstić information content (AvgIpc) is 2.50. The number of nitrogens with zero attached hydrogens (tertiary/aromatic N) is 1. The van der Waals surface area contributed by atoms with Crippen molar-refractivity contribution in [1.82, 2.24) is 9.88 Å². The summed E-state index contributed by atoms with van der Waals surface area (Å²) in [7, 11) is 1.64. The third-order valence-corrected chi connectivity index (χ3v) is 5.40. The predicted octanol–water partition coefficient (Wildman–Crippen LogP) is 2.78. The number of carbonyl (C=O) groups excluding carboxylic acids is 1. The molecule has 0 saturated heterocycles. The van der Waals surface area contributed by atoms with Crippen molar-refractivity contribution in [3.8, 4) is 0 Å². The van der Waals surface area contributed by atoms with Crippen molar-refractivity contribution in [1.29, 1.82) is 0 Å². The molecule has 1 fully saturated rings. The summed E-state index contributed by atoms with van der Waals surface area (Å²) in [5.74, 6) is 0.606. The number of aromatic nitrogens is 1. The third-order valence-electron chi connectivity index (χ3n) is 5.40. The summed E-state index contributed by atoms with van der Waals surface area (Å²) < 4.78 is 1.42. The van der Waals surface area contributed by atoms with E-state index >= 15 is 0 Å². The second-order valence-electron chi connectivity index (χ2n) is 8.49. The number of aryl methyl sites for hydroxylation is 2. The highest BCUT2D eigenvalue weighted by Crippen LogP contribution is 2.41. The van der Waals surface area contributed by atoms with Gasteiger partial charge in [-0.25, -0.2) is 4.79 Å². The lowest BCUT2D eigenvalue weighted by Crippen LogP contribution is -2.47. The Kier molecular flexibility index (Phi) is 5.62. The summed E-state index contributed by atoms with van der Waals surface area (Å²) in [4.78, 5) is 23.7. The number of carbonyl (C=O) groups is 1. The zero-order valence-electron chi connectivity index (χ0n) is 16.0. The molecule has 0 aromatic carbocycles. The first kappa shape index (κ1) is 19.5. The summed E-state index contributed by atoms with van der Waals surface area (Å²) in [6, 6.07) is 1.12. The maximum Gasteiger partial charge on any atom is 0.319 e. The van der Waals surface area contributed by atoms with Crippen molar-refractivity contribution in [3.63, 3.8) is 0 Å². The van der Waals surface area contributed by atoms with E-state index in [2.05, 4.69) is 31.4 Å². The Morgan fingerprint density at radius 2 is 1.96 bits per heavy atom. The molecule has 0 radical (unpaired) electrons. The number of hydrogen-bond acceptors (Lipinski definition) is 3. The predicted molar refractivity (Wildman–Crippen MR) is 99.8 cm³/mol. The molecular weight excluding hydrogens is 318 g/mol. The van der Waals surface area contributed by atoms with Crippen molar-refractivity contribution in [2.75, 3.05) is 11.9 Å². The minimum Gasteiger partial charge on any atom is -0.388 e. The van der Waals surface area contributed by atoms with Crippen molar-refractivity contribution in [3.05, 3.63) is 28.2 Å². The van der Waals surface area contributed by atoms with Gasteiger partial charge in [0.05, 0.1) is 11.3 Å². The summed E-state index contributed by atoms with van der Waals surface area (Å²) in [5, 5.41) is 16.2. The van der Waals surface area contributed by atoms with E-state index in [-0.39, 0.29) is 23.6 Å². The fourth-order valence-electron chi connectivity index (χ4n) is 3.46. The van der Waals surface area contributed by atoms with Crippen molar-refractivity contribution in [2.45, 2.75) is 59.0 Å². The van der Waals surface area contributed by atoms with Gasteiger partial charge in [0.2, 0.25) is 0 Å². The maximum atomic E-state index is 12.1. The molecule has 2 rings (SSSR count). The van der Waals surface area contributed by atoms with Gasteiger partial charge in [-0.3, -0.25) is 4.79 Å². The Morgan fingerprint density at radius 1 is 1.36 bits per heavy atom. The molecule has 1 aromatic rings. The van der Waals surface area contributed by atoms with Crippen LogP contribution >= 0.6 is 0 Å². The SMILES string of the molecule is Cc1cc(=O)n(C)cc1NC(=O)NCC1(O)CCC(C(C)(C)C)CC1. The molecular formula is C19H31N3O3. The fraction of sp³-hybridized carbons (Fsp3) is 0.684. The van der Waals surface area contributed by atoms with Gasteiger partial charge < -0.3 is 20.3 Å². The summed E-state index contributed by atoms with van der Waals surface area (Å²) in [5.41, 5.74) is 0.601. The van der Waals surface area contributed by atoms with Crippen LogP contribution in [0.25, 0.3) is 0 Å². The minimum atomic E-state index is -0.836. The highest BCUT2D eigenvalue weighted by molar-refractivity contribution is 5.89. The monoisotopic (exact) mass is 349 g/mol. The number of amides is 2. The van der Waals surface area contributed by atoms with Crippen molar-refractivity contribution in [2.24, 2.45) is 18.4 Å². The Labute approximate surface area is 149 Å². The molecule has 1 heterocycles. The Hall–Kier alpha value is -1.82. The molecule has 0 unspecified atom stereocenters. The number of aliphatic hydroxyl groups is 1. The van der Waals surface area contributed by atoms with Gasteiger partial charge in [0.15, 0.2) is 0 Å². The van der Waals surface area contributed by atoms with Gasteiger partial charge in [0.25, 0.3) is 5.56 Å². The number of hydrogen-bond donors (Lipinski definition) is 3. The topological polar surface area (TPSA) is 83.4 Å². The first-order valence-corrected chi connectivity index (χ1v) is 8.95. The second kappa shape index (κ2) is 7.20. The smallest absolute Gasteiger partial charge is 0.319 e. The first-order valence-electron chi connectivity index (χ1n) is 8.95. The number of anilines is 1. The van der Waals surface area contributed by atoms with E-state index in [0.29, 0.717) is 30.0 Å². The molecule has 1 aromatic heterocycles. The minimum absolute atomic E-state index is 0.117. The van der Waals surface area contributed by atoms with E-state index in [1.165, 1.54) is 10.6 Å². The van der Waals surface area contributed by atoms with Crippen LogP contribution in [0.4, 0.5) is 10.5 Å². The van der Waals surface area contributed by atoms with Crippen LogP contribution in [0.1, 0.15) is 52.0 Å².